The summed E-state index contributed by atoms with van der Waals surface area (Å²) in [4.78, 5) is 12.4. The molecule has 0 aliphatic heterocycles. The minimum Gasteiger partial charge on any atom is -0.317 e. The molecule has 1 amide bonds. The highest BCUT2D eigenvalue weighted by atomic mass is 16.2. The van der Waals surface area contributed by atoms with Gasteiger partial charge in [0.1, 0.15) is 5.69 Å². The second-order valence-corrected chi connectivity index (χ2v) is 4.80. The van der Waals surface area contributed by atoms with Crippen LogP contribution >= 0.6 is 0 Å². The molecule has 6 heteroatoms. The van der Waals surface area contributed by atoms with Crippen molar-refractivity contribution in [3.05, 3.63) is 28.8 Å². The molecule has 0 radical (unpaired) electrons. The van der Waals surface area contributed by atoms with E-state index in [1.165, 1.54) is 0 Å². The number of nitrogens with zero attached hydrogens (tertiary/aromatic N) is 4. The van der Waals surface area contributed by atoms with Gasteiger partial charge in [0.15, 0.2) is 0 Å². The predicted molar refractivity (Wildman–Crippen MR) is 78.0 cm³/mol. The smallest absolute Gasteiger partial charge is 0.274 e. The highest BCUT2D eigenvalue weighted by Crippen LogP contribution is 2.20. The standard InChI is InChI=1S/C14H21N5O/c1-6-18-11(5)13(10(4)17-18)15-14(20)12-8-9(3)16-19(12)7-2/h8H,6-7H2,1-5H3,(H,15,20). The Morgan fingerprint density at radius 3 is 2.35 bits per heavy atom. The maximum Gasteiger partial charge on any atom is 0.274 e. The Morgan fingerprint density at radius 1 is 1.15 bits per heavy atom. The molecule has 0 saturated carbocycles. The van der Waals surface area contributed by atoms with Crippen LogP contribution in [-0.2, 0) is 13.1 Å². The lowest BCUT2D eigenvalue weighted by Gasteiger charge is -2.07. The van der Waals surface area contributed by atoms with Gasteiger partial charge in [0.05, 0.1) is 22.8 Å². The van der Waals surface area contributed by atoms with Crippen molar-refractivity contribution < 1.29 is 4.79 Å². The zero-order chi connectivity index (χ0) is 14.9. The van der Waals surface area contributed by atoms with Gasteiger partial charge in [0, 0.05) is 13.1 Å². The van der Waals surface area contributed by atoms with E-state index in [1.807, 2.05) is 39.3 Å². The van der Waals surface area contributed by atoms with Crippen LogP contribution in [0.25, 0.3) is 0 Å². The number of amides is 1. The number of aromatic nitrogens is 4. The van der Waals surface area contributed by atoms with E-state index in [1.54, 1.807) is 10.7 Å². The molecule has 108 valence electrons. The molecule has 0 aliphatic carbocycles. The first-order chi connectivity index (χ1) is 9.47. The fourth-order valence-electron chi connectivity index (χ4n) is 2.33. The van der Waals surface area contributed by atoms with Crippen molar-refractivity contribution in [3.63, 3.8) is 0 Å². The maximum absolute atomic E-state index is 12.4. The first-order valence-electron chi connectivity index (χ1n) is 6.87. The van der Waals surface area contributed by atoms with Crippen LogP contribution in [0.3, 0.4) is 0 Å². The molecule has 2 rings (SSSR count). The second kappa shape index (κ2) is 5.48. The number of nitrogens with one attached hydrogen (secondary N) is 1. The number of hydrogen-bond donors (Lipinski definition) is 1. The lowest BCUT2D eigenvalue weighted by molar-refractivity contribution is 0.101. The van der Waals surface area contributed by atoms with Crippen molar-refractivity contribution >= 4 is 11.6 Å². The number of anilines is 1. The molecule has 0 aromatic carbocycles. The maximum atomic E-state index is 12.4. The van der Waals surface area contributed by atoms with E-state index < -0.39 is 0 Å². The second-order valence-electron chi connectivity index (χ2n) is 4.80. The molecule has 2 aromatic heterocycles. The Hall–Kier alpha value is -2.11. The van der Waals surface area contributed by atoms with Crippen molar-refractivity contribution in [1.29, 1.82) is 0 Å². The quantitative estimate of drug-likeness (QED) is 0.931. The first kappa shape index (κ1) is 14.3. The minimum absolute atomic E-state index is 0.144. The molecule has 20 heavy (non-hydrogen) atoms. The number of aryl methyl sites for hydroxylation is 4. The van der Waals surface area contributed by atoms with Gasteiger partial charge in [0.2, 0.25) is 0 Å². The van der Waals surface area contributed by atoms with Gasteiger partial charge in [-0.25, -0.2) is 0 Å². The van der Waals surface area contributed by atoms with E-state index in [-0.39, 0.29) is 5.91 Å². The van der Waals surface area contributed by atoms with Crippen LogP contribution < -0.4 is 5.32 Å². The van der Waals surface area contributed by atoms with Crippen molar-refractivity contribution in [2.45, 2.75) is 47.7 Å². The number of hydrogen-bond acceptors (Lipinski definition) is 3. The molecule has 0 saturated heterocycles. The van der Waals surface area contributed by atoms with Gasteiger partial charge >= 0.3 is 0 Å². The van der Waals surface area contributed by atoms with Crippen LogP contribution in [0.4, 0.5) is 5.69 Å². The normalized spacial score (nSPS) is 10.8. The molecule has 0 bridgehead atoms. The van der Waals surface area contributed by atoms with Gasteiger partial charge in [-0.15, -0.1) is 0 Å². The average Bonchev–Trinajstić information content (AvgIpc) is 2.93. The molecule has 0 fully saturated rings. The van der Waals surface area contributed by atoms with Crippen molar-refractivity contribution in [3.8, 4) is 0 Å². The summed E-state index contributed by atoms with van der Waals surface area (Å²) in [5.74, 6) is -0.144. The summed E-state index contributed by atoms with van der Waals surface area (Å²) < 4.78 is 3.59. The molecular weight excluding hydrogens is 254 g/mol. The van der Waals surface area contributed by atoms with Crippen molar-refractivity contribution in [2.24, 2.45) is 0 Å². The predicted octanol–water partition coefficient (Wildman–Crippen LogP) is 2.30. The van der Waals surface area contributed by atoms with Crippen LogP contribution in [-0.4, -0.2) is 25.5 Å². The third-order valence-electron chi connectivity index (χ3n) is 3.35. The van der Waals surface area contributed by atoms with Gasteiger partial charge < -0.3 is 5.32 Å². The Kier molecular flexibility index (Phi) is 3.92. The van der Waals surface area contributed by atoms with E-state index in [0.717, 1.165) is 29.3 Å². The van der Waals surface area contributed by atoms with Gasteiger partial charge in [-0.3, -0.25) is 14.2 Å². The highest BCUT2D eigenvalue weighted by molar-refractivity contribution is 6.03. The summed E-state index contributed by atoms with van der Waals surface area (Å²) in [6.07, 6.45) is 0. The summed E-state index contributed by atoms with van der Waals surface area (Å²) in [6, 6.07) is 1.80. The first-order valence-corrected chi connectivity index (χ1v) is 6.87. The largest absolute Gasteiger partial charge is 0.317 e. The van der Waals surface area contributed by atoms with Crippen LogP contribution in [0, 0.1) is 20.8 Å². The van der Waals surface area contributed by atoms with Gasteiger partial charge in [-0.2, -0.15) is 10.2 Å². The summed E-state index contributed by atoms with van der Waals surface area (Å²) in [5, 5.41) is 11.7. The van der Waals surface area contributed by atoms with Crippen molar-refractivity contribution in [1.82, 2.24) is 19.6 Å². The van der Waals surface area contributed by atoms with E-state index in [9.17, 15) is 4.79 Å². The fraction of sp³-hybridized carbons (Fsp3) is 0.500. The van der Waals surface area contributed by atoms with Crippen LogP contribution in [0.5, 0.6) is 0 Å². The molecule has 2 aromatic rings. The zero-order valence-corrected chi connectivity index (χ0v) is 12.7. The third kappa shape index (κ3) is 2.45. The molecule has 0 spiro atoms. The van der Waals surface area contributed by atoms with Crippen molar-refractivity contribution in [2.75, 3.05) is 5.32 Å². The Labute approximate surface area is 118 Å². The number of carbonyl (C=O) groups is 1. The molecule has 0 aliphatic rings. The van der Waals surface area contributed by atoms with Crippen LogP contribution in [0.2, 0.25) is 0 Å². The van der Waals surface area contributed by atoms with Gasteiger partial charge in [0.25, 0.3) is 5.91 Å². The Balaban J connectivity index is 2.30. The van der Waals surface area contributed by atoms with E-state index >= 15 is 0 Å². The molecule has 1 N–H and O–H groups in total. The molecule has 2 heterocycles. The molecule has 6 nitrogen and oxygen atoms in total. The fourth-order valence-corrected chi connectivity index (χ4v) is 2.33. The summed E-state index contributed by atoms with van der Waals surface area (Å²) in [7, 11) is 0. The van der Waals surface area contributed by atoms with Crippen LogP contribution in [0.1, 0.15) is 41.4 Å². The van der Waals surface area contributed by atoms with E-state index in [4.69, 9.17) is 0 Å². The Bertz CT molecular complexity index is 638. The van der Waals surface area contributed by atoms with Gasteiger partial charge in [-0.05, 0) is 40.7 Å². The third-order valence-corrected chi connectivity index (χ3v) is 3.35. The molecule has 0 unspecified atom stereocenters. The lowest BCUT2D eigenvalue weighted by Crippen LogP contribution is -2.18. The molecule has 0 atom stereocenters. The number of rotatable bonds is 4. The average molecular weight is 275 g/mol. The highest BCUT2D eigenvalue weighted by Gasteiger charge is 2.17. The van der Waals surface area contributed by atoms with E-state index in [0.29, 0.717) is 12.2 Å². The SMILES string of the molecule is CCn1nc(C)cc1C(=O)Nc1c(C)nn(CC)c1C. The lowest BCUT2D eigenvalue weighted by atomic mass is 10.3. The number of carbonyl (C=O) groups excluding carboxylic acids is 1. The van der Waals surface area contributed by atoms with Gasteiger partial charge in [-0.1, -0.05) is 0 Å². The topological polar surface area (TPSA) is 64.7 Å². The van der Waals surface area contributed by atoms with Crippen LogP contribution in [0.15, 0.2) is 6.07 Å². The summed E-state index contributed by atoms with van der Waals surface area (Å²) in [6.45, 7) is 11.2. The summed E-state index contributed by atoms with van der Waals surface area (Å²) in [5.41, 5.74) is 4.01. The minimum atomic E-state index is -0.144. The summed E-state index contributed by atoms with van der Waals surface area (Å²) >= 11 is 0. The zero-order valence-electron chi connectivity index (χ0n) is 12.7. The Morgan fingerprint density at radius 2 is 1.80 bits per heavy atom. The monoisotopic (exact) mass is 275 g/mol. The molecular formula is C14H21N5O. The van der Waals surface area contributed by atoms with E-state index in [2.05, 4.69) is 15.5 Å².